The molecule has 2 nitrogen and oxygen atoms in total. The van der Waals surface area contributed by atoms with Crippen molar-refractivity contribution in [2.45, 2.75) is 32.6 Å². The van der Waals surface area contributed by atoms with Crippen LogP contribution in [0.5, 0.6) is 0 Å². The fraction of sp³-hybridized carbons (Fsp3) is 0.700. The molecule has 86 valence electrons. The Bertz CT molecular complexity index is 278. The van der Waals surface area contributed by atoms with Crippen molar-refractivity contribution in [1.82, 2.24) is 4.98 Å². The maximum Gasteiger partial charge on any atom is 0.261 e. The summed E-state index contributed by atoms with van der Waals surface area (Å²) in [7, 11) is 0. The van der Waals surface area contributed by atoms with Crippen LogP contribution in [0.15, 0.2) is 5.38 Å². The van der Waals surface area contributed by atoms with E-state index < -0.39 is 13.0 Å². The van der Waals surface area contributed by atoms with E-state index in [-0.39, 0.29) is 0 Å². The number of thiazole rings is 1. The zero-order valence-corrected chi connectivity index (χ0v) is 9.53. The molecule has 0 saturated heterocycles. The van der Waals surface area contributed by atoms with Crippen LogP contribution in [-0.2, 0) is 17.6 Å². The Balaban J connectivity index is 2.19. The van der Waals surface area contributed by atoms with Gasteiger partial charge >= 0.3 is 0 Å². The Kier molecular flexibility index (Phi) is 5.71. The highest BCUT2D eigenvalue weighted by atomic mass is 32.1. The summed E-state index contributed by atoms with van der Waals surface area (Å²) in [5.41, 5.74) is 1.09. The Hall–Kier alpha value is -0.550. The van der Waals surface area contributed by atoms with Crippen LogP contribution in [0.25, 0.3) is 0 Å². The molecule has 1 aromatic heterocycles. The number of hydrogen-bond donors (Lipinski definition) is 0. The molecule has 1 rings (SSSR count). The van der Waals surface area contributed by atoms with Crippen LogP contribution in [0.3, 0.4) is 0 Å². The molecule has 0 fully saturated rings. The molecule has 0 saturated carbocycles. The van der Waals surface area contributed by atoms with E-state index in [0.717, 1.165) is 23.5 Å². The van der Waals surface area contributed by atoms with Gasteiger partial charge in [-0.15, -0.1) is 11.3 Å². The van der Waals surface area contributed by atoms with Crippen molar-refractivity contribution >= 4 is 11.3 Å². The molecule has 1 heterocycles. The van der Waals surface area contributed by atoms with E-state index in [0.29, 0.717) is 13.0 Å². The van der Waals surface area contributed by atoms with E-state index in [2.05, 4.69) is 11.9 Å². The number of alkyl halides is 2. The number of nitrogens with zero attached hydrogens (tertiary/aromatic N) is 1. The van der Waals surface area contributed by atoms with E-state index in [1.54, 1.807) is 11.3 Å². The number of ether oxygens (including phenoxy) is 1. The normalized spacial score (nSPS) is 11.2. The average molecular weight is 235 g/mol. The van der Waals surface area contributed by atoms with Gasteiger partial charge in [-0.2, -0.15) is 0 Å². The molecule has 0 spiro atoms. The van der Waals surface area contributed by atoms with Crippen LogP contribution in [-0.4, -0.2) is 24.6 Å². The zero-order chi connectivity index (χ0) is 11.1. The molecule has 1 aromatic rings. The van der Waals surface area contributed by atoms with Crippen LogP contribution in [0, 0.1) is 0 Å². The largest absolute Gasteiger partial charge is 0.375 e. The van der Waals surface area contributed by atoms with Crippen molar-refractivity contribution in [1.29, 1.82) is 0 Å². The van der Waals surface area contributed by atoms with Crippen LogP contribution in [0.4, 0.5) is 8.78 Å². The molecule has 0 amide bonds. The fourth-order valence-electron chi connectivity index (χ4n) is 1.17. The summed E-state index contributed by atoms with van der Waals surface area (Å²) in [6.07, 6.45) is 0.303. The van der Waals surface area contributed by atoms with Gasteiger partial charge in [-0.25, -0.2) is 13.8 Å². The minimum Gasteiger partial charge on any atom is -0.375 e. The topological polar surface area (TPSA) is 22.1 Å². The Labute approximate surface area is 92.3 Å². The molecule has 0 aromatic carbocycles. The second-order valence-electron chi connectivity index (χ2n) is 3.20. The number of halogens is 2. The molecule has 0 radical (unpaired) electrons. The van der Waals surface area contributed by atoms with Crippen molar-refractivity contribution in [3.8, 4) is 0 Å². The van der Waals surface area contributed by atoms with Gasteiger partial charge < -0.3 is 4.74 Å². The molecular formula is C10H15F2NOS. The summed E-state index contributed by atoms with van der Waals surface area (Å²) in [6, 6.07) is 0. The summed E-state index contributed by atoms with van der Waals surface area (Å²) in [6.45, 7) is 1.95. The lowest BCUT2D eigenvalue weighted by atomic mass is 10.3. The van der Waals surface area contributed by atoms with Crippen molar-refractivity contribution in [2.24, 2.45) is 0 Å². The minimum atomic E-state index is -2.38. The third kappa shape index (κ3) is 5.18. The Morgan fingerprint density at radius 1 is 1.47 bits per heavy atom. The fourth-order valence-corrected chi connectivity index (χ4v) is 1.98. The molecule has 0 aliphatic rings. The van der Waals surface area contributed by atoms with Crippen LogP contribution >= 0.6 is 11.3 Å². The van der Waals surface area contributed by atoms with Gasteiger partial charge in [0, 0.05) is 11.8 Å². The summed E-state index contributed by atoms with van der Waals surface area (Å²) >= 11 is 1.57. The molecule has 0 N–H and O–H groups in total. The van der Waals surface area contributed by atoms with Crippen LogP contribution < -0.4 is 0 Å². The first-order chi connectivity index (χ1) is 7.22. The monoisotopic (exact) mass is 235 g/mol. The van der Waals surface area contributed by atoms with E-state index in [9.17, 15) is 8.78 Å². The molecule has 15 heavy (non-hydrogen) atoms. The van der Waals surface area contributed by atoms with Gasteiger partial charge in [-0.1, -0.05) is 13.3 Å². The van der Waals surface area contributed by atoms with Gasteiger partial charge in [0.25, 0.3) is 6.43 Å². The first kappa shape index (κ1) is 12.5. The second kappa shape index (κ2) is 6.85. The number of hydrogen-bond acceptors (Lipinski definition) is 3. The second-order valence-corrected chi connectivity index (χ2v) is 4.14. The molecule has 0 atom stereocenters. The van der Waals surface area contributed by atoms with Gasteiger partial charge in [0.15, 0.2) is 0 Å². The number of rotatable bonds is 7. The molecule has 0 aliphatic carbocycles. The van der Waals surface area contributed by atoms with E-state index >= 15 is 0 Å². The molecule has 0 bridgehead atoms. The highest BCUT2D eigenvalue weighted by Crippen LogP contribution is 2.12. The lowest BCUT2D eigenvalue weighted by molar-refractivity contribution is 0.0187. The van der Waals surface area contributed by atoms with E-state index in [4.69, 9.17) is 4.74 Å². The lowest BCUT2D eigenvalue weighted by Crippen LogP contribution is -2.06. The van der Waals surface area contributed by atoms with Gasteiger partial charge in [0.05, 0.1) is 17.3 Å². The lowest BCUT2D eigenvalue weighted by Gasteiger charge is -2.00. The van der Waals surface area contributed by atoms with Gasteiger partial charge in [0.1, 0.15) is 6.61 Å². The quantitative estimate of drug-likeness (QED) is 0.678. The number of aryl methyl sites for hydroxylation is 1. The van der Waals surface area contributed by atoms with Crippen LogP contribution in [0.2, 0.25) is 0 Å². The Morgan fingerprint density at radius 3 is 2.93 bits per heavy atom. The molecule has 0 unspecified atom stereocenters. The van der Waals surface area contributed by atoms with Crippen molar-refractivity contribution in [2.75, 3.05) is 13.2 Å². The first-order valence-corrected chi connectivity index (χ1v) is 5.89. The van der Waals surface area contributed by atoms with Crippen molar-refractivity contribution < 1.29 is 13.5 Å². The maximum absolute atomic E-state index is 11.7. The smallest absolute Gasteiger partial charge is 0.261 e. The van der Waals surface area contributed by atoms with Gasteiger partial charge in [-0.05, 0) is 6.42 Å². The first-order valence-electron chi connectivity index (χ1n) is 5.01. The van der Waals surface area contributed by atoms with Gasteiger partial charge in [0.2, 0.25) is 0 Å². The summed E-state index contributed by atoms with van der Waals surface area (Å²) in [5.74, 6) is 0. The van der Waals surface area contributed by atoms with Gasteiger partial charge in [-0.3, -0.25) is 0 Å². The van der Waals surface area contributed by atoms with Crippen molar-refractivity contribution in [3.63, 3.8) is 0 Å². The summed E-state index contributed by atoms with van der Waals surface area (Å²) in [5, 5.41) is 2.99. The predicted molar refractivity (Wildman–Crippen MR) is 56.6 cm³/mol. The molecule has 0 aliphatic heterocycles. The summed E-state index contributed by atoms with van der Waals surface area (Å²) < 4.78 is 28.2. The predicted octanol–water partition coefficient (Wildman–Crippen LogP) is 2.92. The summed E-state index contributed by atoms with van der Waals surface area (Å²) in [4.78, 5) is 4.37. The minimum absolute atomic E-state index is 0.323. The third-order valence-corrected chi connectivity index (χ3v) is 2.77. The highest BCUT2D eigenvalue weighted by Gasteiger charge is 2.04. The Morgan fingerprint density at radius 2 is 2.27 bits per heavy atom. The zero-order valence-electron chi connectivity index (χ0n) is 8.71. The van der Waals surface area contributed by atoms with Crippen LogP contribution in [0.1, 0.15) is 24.0 Å². The van der Waals surface area contributed by atoms with E-state index in [1.807, 2.05) is 5.38 Å². The average Bonchev–Trinajstić information content (AvgIpc) is 2.61. The third-order valence-electron chi connectivity index (χ3n) is 1.81. The molecule has 5 heteroatoms. The van der Waals surface area contributed by atoms with E-state index in [1.165, 1.54) is 0 Å². The highest BCUT2D eigenvalue weighted by molar-refractivity contribution is 7.09. The van der Waals surface area contributed by atoms with Crippen molar-refractivity contribution in [3.05, 3.63) is 16.1 Å². The SMILES string of the molecule is CCCc1csc(CCOCC(F)F)n1. The maximum atomic E-state index is 11.7. The molecular weight excluding hydrogens is 220 g/mol. The number of aromatic nitrogens is 1. The standard InChI is InChI=1S/C10H15F2NOS/c1-2-3-8-7-15-10(13-8)4-5-14-6-9(11)12/h7,9H,2-6H2,1H3.